The minimum Gasteiger partial charge on any atom is -0.332 e. The van der Waals surface area contributed by atoms with Crippen LogP contribution in [0.5, 0.6) is 0 Å². The van der Waals surface area contributed by atoms with E-state index in [-0.39, 0.29) is 35.1 Å². The van der Waals surface area contributed by atoms with E-state index in [4.69, 9.17) is 0 Å². The number of nitrogens with one attached hydrogen (secondary N) is 1. The number of imide groups is 1. The van der Waals surface area contributed by atoms with Gasteiger partial charge in [-0.25, -0.2) is 4.79 Å². The van der Waals surface area contributed by atoms with Gasteiger partial charge in [0.15, 0.2) is 5.78 Å². The number of benzene rings is 2. The molecule has 3 amide bonds. The number of nitrogens with zero attached hydrogens (tertiary/aromatic N) is 1. The van der Waals surface area contributed by atoms with E-state index < -0.39 is 17.9 Å². The lowest BCUT2D eigenvalue weighted by Crippen LogP contribution is -2.54. The van der Waals surface area contributed by atoms with Crippen molar-refractivity contribution in [1.29, 1.82) is 0 Å². The average molecular weight is 435 g/mol. The van der Waals surface area contributed by atoms with Crippen molar-refractivity contribution >= 4 is 17.7 Å². The van der Waals surface area contributed by atoms with Crippen molar-refractivity contribution in [1.82, 2.24) is 10.2 Å². The molecule has 5 heteroatoms. The first-order chi connectivity index (χ1) is 14.9. The van der Waals surface area contributed by atoms with Gasteiger partial charge in [-0.1, -0.05) is 102 Å². The van der Waals surface area contributed by atoms with Gasteiger partial charge in [-0.2, -0.15) is 0 Å². The van der Waals surface area contributed by atoms with Gasteiger partial charge in [0.05, 0.1) is 12.1 Å². The topological polar surface area (TPSA) is 66.5 Å². The van der Waals surface area contributed by atoms with Crippen LogP contribution in [0.15, 0.2) is 60.7 Å². The lowest BCUT2D eigenvalue weighted by atomic mass is 9.73. The molecule has 3 rings (SSSR count). The smallest absolute Gasteiger partial charge is 0.324 e. The van der Waals surface area contributed by atoms with Crippen LogP contribution in [0.2, 0.25) is 0 Å². The highest BCUT2D eigenvalue weighted by atomic mass is 16.2. The number of carbonyl (C=O) groups is 3. The average Bonchev–Trinajstić information content (AvgIpc) is 3.08. The summed E-state index contributed by atoms with van der Waals surface area (Å²) in [5, 5.41) is 3.03. The number of hydrogen-bond acceptors (Lipinski definition) is 3. The largest absolute Gasteiger partial charge is 0.332 e. The molecular formula is C27H34N2O3. The lowest BCUT2D eigenvalue weighted by Gasteiger charge is -2.41. The summed E-state index contributed by atoms with van der Waals surface area (Å²) in [7, 11) is 0. The molecule has 0 saturated carbocycles. The van der Waals surface area contributed by atoms with Gasteiger partial charge >= 0.3 is 6.03 Å². The van der Waals surface area contributed by atoms with Crippen LogP contribution < -0.4 is 5.32 Å². The van der Waals surface area contributed by atoms with E-state index in [2.05, 4.69) is 26.1 Å². The molecule has 2 aromatic carbocycles. The first-order valence-electron chi connectivity index (χ1n) is 11.2. The summed E-state index contributed by atoms with van der Waals surface area (Å²) in [6, 6.07) is 17.4. The van der Waals surface area contributed by atoms with E-state index in [0.717, 1.165) is 5.56 Å². The fraction of sp³-hybridized carbons (Fsp3) is 0.444. The molecule has 5 nitrogen and oxygen atoms in total. The summed E-state index contributed by atoms with van der Waals surface area (Å²) in [5.74, 6) is -1.71. The highest BCUT2D eigenvalue weighted by Crippen LogP contribution is 2.40. The second-order valence-corrected chi connectivity index (χ2v) is 10.8. The fourth-order valence-electron chi connectivity index (χ4n) is 4.52. The van der Waals surface area contributed by atoms with Gasteiger partial charge in [0, 0.05) is 6.42 Å². The highest BCUT2D eigenvalue weighted by molar-refractivity contribution is 6.12. The minimum atomic E-state index is -1.04. The Kier molecular flexibility index (Phi) is 6.59. The van der Waals surface area contributed by atoms with Gasteiger partial charge in [-0.3, -0.25) is 14.5 Å². The van der Waals surface area contributed by atoms with Crippen LogP contribution in [0.4, 0.5) is 4.79 Å². The Hall–Kier alpha value is -2.95. The van der Waals surface area contributed by atoms with Crippen LogP contribution >= 0.6 is 0 Å². The number of hydrogen-bond donors (Lipinski definition) is 1. The highest BCUT2D eigenvalue weighted by Gasteiger charge is 2.54. The Balaban J connectivity index is 2.03. The summed E-state index contributed by atoms with van der Waals surface area (Å²) < 4.78 is 0. The lowest BCUT2D eigenvalue weighted by molar-refractivity contribution is -0.137. The van der Waals surface area contributed by atoms with Crippen molar-refractivity contribution in [3.8, 4) is 0 Å². The van der Waals surface area contributed by atoms with E-state index in [0.29, 0.717) is 5.56 Å². The standard InChI is InChI=1S/C27H34N2O3/c1-26(2,3)22-23(27(4,5)6)29(25(32)28-22)24(31)21(19-15-11-8-12-16-19)20(30)17-18-13-9-7-10-14-18/h7-16,21-23H,17H2,1-6H3,(H,28,32)/t21?,22-,23-/m0/s1. The van der Waals surface area contributed by atoms with Gasteiger partial charge in [-0.05, 0) is 22.0 Å². The van der Waals surface area contributed by atoms with Gasteiger partial charge in [-0.15, -0.1) is 0 Å². The molecule has 1 fully saturated rings. The van der Waals surface area contributed by atoms with Gasteiger partial charge in [0.1, 0.15) is 5.92 Å². The van der Waals surface area contributed by atoms with Crippen LogP contribution in [0.1, 0.15) is 58.6 Å². The summed E-state index contributed by atoms with van der Waals surface area (Å²) >= 11 is 0. The quantitative estimate of drug-likeness (QED) is 0.676. The molecule has 0 spiro atoms. The molecule has 2 aromatic rings. The predicted octanol–water partition coefficient (Wildman–Crippen LogP) is 4.96. The molecule has 1 aliphatic heterocycles. The van der Waals surface area contributed by atoms with Crippen LogP contribution in [0.3, 0.4) is 0 Å². The fourth-order valence-corrected chi connectivity index (χ4v) is 4.52. The maximum Gasteiger partial charge on any atom is 0.324 e. The van der Waals surface area contributed by atoms with E-state index in [1.165, 1.54) is 4.90 Å². The van der Waals surface area contributed by atoms with Crippen molar-refractivity contribution in [2.45, 2.75) is 66.0 Å². The summed E-state index contributed by atoms with van der Waals surface area (Å²) in [4.78, 5) is 41.9. The Bertz CT molecular complexity index is 971. The second kappa shape index (κ2) is 8.89. The molecule has 0 aromatic heterocycles. The third-order valence-electron chi connectivity index (χ3n) is 6.07. The van der Waals surface area contributed by atoms with Gasteiger partial charge in [0.2, 0.25) is 5.91 Å². The maximum atomic E-state index is 14.0. The Morgan fingerprint density at radius 2 is 1.41 bits per heavy atom. The van der Waals surface area contributed by atoms with Crippen molar-refractivity contribution in [3.05, 3.63) is 71.8 Å². The van der Waals surface area contributed by atoms with Crippen molar-refractivity contribution in [2.75, 3.05) is 0 Å². The summed E-state index contributed by atoms with van der Waals surface area (Å²) in [6.07, 6.45) is 0.129. The molecule has 32 heavy (non-hydrogen) atoms. The van der Waals surface area contributed by atoms with Crippen LogP contribution in [-0.2, 0) is 16.0 Å². The number of ketones is 1. The number of carbonyl (C=O) groups excluding carboxylic acids is 3. The maximum absolute atomic E-state index is 14.0. The van der Waals surface area contributed by atoms with Crippen LogP contribution in [0.25, 0.3) is 0 Å². The zero-order valence-corrected chi connectivity index (χ0v) is 19.9. The van der Waals surface area contributed by atoms with Crippen LogP contribution in [-0.4, -0.2) is 34.7 Å². The first kappa shape index (κ1) is 23.7. The molecule has 170 valence electrons. The predicted molar refractivity (Wildman–Crippen MR) is 126 cm³/mol. The Morgan fingerprint density at radius 1 is 0.875 bits per heavy atom. The normalized spacial score (nSPS) is 20.1. The second-order valence-electron chi connectivity index (χ2n) is 10.8. The third kappa shape index (κ3) is 4.93. The molecule has 1 saturated heterocycles. The minimum absolute atomic E-state index is 0.129. The molecule has 1 unspecified atom stereocenters. The van der Waals surface area contributed by atoms with Gasteiger partial charge in [0.25, 0.3) is 0 Å². The van der Waals surface area contributed by atoms with E-state index in [1.54, 1.807) is 12.1 Å². The van der Waals surface area contributed by atoms with Crippen molar-refractivity contribution in [3.63, 3.8) is 0 Å². The van der Waals surface area contributed by atoms with Crippen molar-refractivity contribution < 1.29 is 14.4 Å². The zero-order chi connectivity index (χ0) is 23.7. The number of amides is 3. The first-order valence-corrected chi connectivity index (χ1v) is 11.2. The van der Waals surface area contributed by atoms with Gasteiger partial charge < -0.3 is 5.32 Å². The van der Waals surface area contributed by atoms with Crippen molar-refractivity contribution in [2.24, 2.45) is 10.8 Å². The number of rotatable bonds is 5. The van der Waals surface area contributed by atoms with E-state index in [1.807, 2.05) is 69.3 Å². The molecule has 0 bridgehead atoms. The number of Topliss-reactive ketones (excluding diaryl/α,β-unsaturated/α-hetero) is 1. The number of urea groups is 1. The van der Waals surface area contributed by atoms with Crippen LogP contribution in [0, 0.1) is 10.8 Å². The summed E-state index contributed by atoms with van der Waals surface area (Å²) in [6.45, 7) is 12.3. The SMILES string of the molecule is CC(C)(C)[C@@H]1[C@@H](C(C)(C)C)NC(=O)N1C(=O)C(C(=O)Cc1ccccc1)c1ccccc1. The summed E-state index contributed by atoms with van der Waals surface area (Å²) in [5.41, 5.74) is 0.838. The molecule has 3 atom stereocenters. The molecular weight excluding hydrogens is 400 g/mol. The van der Waals surface area contributed by atoms with E-state index in [9.17, 15) is 14.4 Å². The molecule has 1 N–H and O–H groups in total. The van der Waals surface area contributed by atoms with E-state index >= 15 is 0 Å². The Morgan fingerprint density at radius 3 is 1.91 bits per heavy atom. The molecule has 0 radical (unpaired) electrons. The zero-order valence-electron chi connectivity index (χ0n) is 19.9. The third-order valence-corrected chi connectivity index (χ3v) is 6.07. The Labute approximate surface area is 191 Å². The molecule has 1 heterocycles. The monoisotopic (exact) mass is 434 g/mol. The molecule has 0 aliphatic carbocycles. The molecule has 1 aliphatic rings.